The smallest absolute Gasteiger partial charge is 0.155 e. The Kier molecular flexibility index (Phi) is 4.01. The molecule has 0 radical (unpaired) electrons. The third-order valence-corrected chi connectivity index (χ3v) is 6.10. The second-order valence-electron chi connectivity index (χ2n) is 7.31. The summed E-state index contributed by atoms with van der Waals surface area (Å²) in [6.07, 6.45) is 4.24. The van der Waals surface area contributed by atoms with E-state index in [1.165, 1.54) is 0 Å². The summed E-state index contributed by atoms with van der Waals surface area (Å²) in [5.74, 6) is 1.32. The summed E-state index contributed by atoms with van der Waals surface area (Å²) in [5.41, 5.74) is 1.51. The lowest BCUT2D eigenvalue weighted by molar-refractivity contribution is -1.09. The number of benzene rings is 1. The number of fused-ring (bicyclic) bond motifs is 4. The van der Waals surface area contributed by atoms with Crippen LogP contribution < -0.4 is 4.74 Å². The van der Waals surface area contributed by atoms with Crippen LogP contribution in [0.4, 0.5) is 4.48 Å². The van der Waals surface area contributed by atoms with Gasteiger partial charge in [0.1, 0.15) is 24.9 Å². The van der Waals surface area contributed by atoms with Gasteiger partial charge in [0, 0.05) is 30.3 Å². The Morgan fingerprint density at radius 3 is 3.00 bits per heavy atom. The molecule has 1 unspecified atom stereocenters. The quantitative estimate of drug-likeness (QED) is 0.682. The molecule has 4 heterocycles. The molecule has 0 amide bonds. The summed E-state index contributed by atoms with van der Waals surface area (Å²) in [5, 5.41) is 11.9. The predicted octanol–water partition coefficient (Wildman–Crippen LogP) is 3.57. The Balaban J connectivity index is 1.73. The number of aromatic nitrogens is 1. The van der Waals surface area contributed by atoms with Gasteiger partial charge in [-0.2, -0.15) is 0 Å². The molecule has 5 rings (SSSR count). The number of aliphatic hydroxyl groups excluding tert-OH is 1. The molecule has 1 N–H and O–H groups in total. The normalized spacial score (nSPS) is 32.5. The van der Waals surface area contributed by atoms with Crippen LogP contribution in [0.5, 0.6) is 5.75 Å². The van der Waals surface area contributed by atoms with Gasteiger partial charge in [-0.1, -0.05) is 6.08 Å². The summed E-state index contributed by atoms with van der Waals surface area (Å²) in [7, 11) is 1.61. The molecule has 0 aliphatic carbocycles. The van der Waals surface area contributed by atoms with Gasteiger partial charge in [-0.3, -0.25) is 4.98 Å². The number of hydrogen-bond acceptors (Lipinski definition) is 3. The summed E-state index contributed by atoms with van der Waals surface area (Å²) >= 11 is 0. The molecule has 4 nitrogen and oxygen atoms in total. The number of hydrogen-bond donors (Lipinski definition) is 1. The average Bonchev–Trinajstić information content (AvgIpc) is 2.66. The van der Waals surface area contributed by atoms with Crippen molar-refractivity contribution in [3.63, 3.8) is 0 Å². The highest BCUT2D eigenvalue weighted by atomic mass is 19.2. The zero-order valence-corrected chi connectivity index (χ0v) is 14.4. The Hall–Kier alpha value is -1.98. The maximum Gasteiger partial charge on any atom is 0.155 e. The molecular weight excluding hydrogens is 319 g/mol. The minimum Gasteiger partial charge on any atom is -0.497 e. The van der Waals surface area contributed by atoms with Crippen LogP contribution in [0.3, 0.4) is 0 Å². The highest BCUT2D eigenvalue weighted by molar-refractivity contribution is 5.83. The van der Waals surface area contributed by atoms with Crippen molar-refractivity contribution >= 4 is 10.9 Å². The largest absolute Gasteiger partial charge is 0.497 e. The first-order valence-electron chi connectivity index (χ1n) is 8.85. The number of nitrogens with zero attached hydrogens (tertiary/aromatic N) is 2. The van der Waals surface area contributed by atoms with E-state index in [4.69, 9.17) is 4.74 Å². The fourth-order valence-corrected chi connectivity index (χ4v) is 4.67. The van der Waals surface area contributed by atoms with E-state index in [0.29, 0.717) is 31.2 Å². The molecule has 5 atom stereocenters. The highest BCUT2D eigenvalue weighted by Gasteiger charge is 2.56. The van der Waals surface area contributed by atoms with Crippen LogP contribution in [0.25, 0.3) is 10.9 Å². The lowest BCUT2D eigenvalue weighted by atomic mass is 9.73. The maximum atomic E-state index is 15.6. The number of halogens is 1. The van der Waals surface area contributed by atoms with Crippen LogP contribution in [-0.2, 0) is 0 Å². The Bertz CT molecular complexity index is 811. The fourth-order valence-electron chi connectivity index (χ4n) is 4.67. The standard InChI is InChI=1S/C20H24FN2O2/c1-3-13-12-23(21)9-7-14(13)10-19(23)20(24)16-6-8-22-18-5-4-15(25-2)11-17(16)18/h3-6,8,11,13-14,19-20,24H,1,7,9-10,12H2,2H3/q+1/t13-,14-,19+,20-,23?/m0/s1. The number of methoxy groups -OCH3 is 1. The molecule has 0 spiro atoms. The Labute approximate surface area is 147 Å². The third kappa shape index (κ3) is 2.62. The lowest BCUT2D eigenvalue weighted by Crippen LogP contribution is -2.63. The SMILES string of the molecule is C=C[C@H]1C[N+]2(F)CC[C@H]1C[C@@H]2[C@@H](O)c1ccnc2ccc(OC)cc12. The van der Waals surface area contributed by atoms with E-state index in [1.54, 1.807) is 19.4 Å². The van der Waals surface area contributed by atoms with Gasteiger partial charge in [0.05, 0.1) is 12.6 Å². The zero-order chi connectivity index (χ0) is 17.6. The van der Waals surface area contributed by atoms with Gasteiger partial charge in [-0.05, 0) is 40.2 Å². The topological polar surface area (TPSA) is 42.4 Å². The van der Waals surface area contributed by atoms with Crippen molar-refractivity contribution in [2.45, 2.75) is 25.0 Å². The molecule has 3 aliphatic heterocycles. The average molecular weight is 343 g/mol. The number of aliphatic hydroxyl groups is 1. The van der Waals surface area contributed by atoms with E-state index in [0.717, 1.165) is 22.9 Å². The molecule has 3 aliphatic rings. The third-order valence-electron chi connectivity index (χ3n) is 6.10. The molecule has 1 aromatic carbocycles. The van der Waals surface area contributed by atoms with E-state index in [-0.39, 0.29) is 5.92 Å². The molecule has 3 fully saturated rings. The van der Waals surface area contributed by atoms with Gasteiger partial charge >= 0.3 is 0 Å². The van der Waals surface area contributed by atoms with Gasteiger partial charge in [0.25, 0.3) is 0 Å². The van der Waals surface area contributed by atoms with E-state index < -0.39 is 16.9 Å². The Morgan fingerprint density at radius 2 is 2.28 bits per heavy atom. The monoisotopic (exact) mass is 343 g/mol. The van der Waals surface area contributed by atoms with E-state index in [2.05, 4.69) is 11.6 Å². The predicted molar refractivity (Wildman–Crippen MR) is 94.6 cm³/mol. The second kappa shape index (κ2) is 6.07. The molecule has 132 valence electrons. The van der Waals surface area contributed by atoms with Gasteiger partial charge in [-0.15, -0.1) is 11.3 Å². The summed E-state index contributed by atoms with van der Waals surface area (Å²) in [6, 6.07) is 6.94. The van der Waals surface area contributed by atoms with E-state index >= 15 is 4.48 Å². The van der Waals surface area contributed by atoms with Crippen LogP contribution in [0, 0.1) is 11.8 Å². The number of pyridine rings is 1. The van der Waals surface area contributed by atoms with Crippen molar-refractivity contribution < 1.29 is 19.0 Å². The van der Waals surface area contributed by atoms with Gasteiger partial charge in [-0.25, -0.2) is 0 Å². The number of piperidine rings is 3. The van der Waals surface area contributed by atoms with E-state index in [9.17, 15) is 5.11 Å². The fraction of sp³-hybridized carbons (Fsp3) is 0.450. The first-order chi connectivity index (χ1) is 12.1. The zero-order valence-electron chi connectivity index (χ0n) is 14.4. The van der Waals surface area contributed by atoms with Crippen molar-refractivity contribution in [2.75, 3.05) is 20.2 Å². The molecule has 2 bridgehead atoms. The number of quaternary nitrogens is 1. The van der Waals surface area contributed by atoms with Crippen molar-refractivity contribution in [2.24, 2.45) is 11.8 Å². The van der Waals surface area contributed by atoms with Crippen molar-refractivity contribution in [3.05, 3.63) is 48.7 Å². The molecule has 5 heteroatoms. The minimum atomic E-state index is -0.865. The summed E-state index contributed by atoms with van der Waals surface area (Å²) in [4.78, 5) is 4.36. The van der Waals surface area contributed by atoms with Crippen LogP contribution in [0.2, 0.25) is 0 Å². The maximum absolute atomic E-state index is 15.6. The van der Waals surface area contributed by atoms with Crippen molar-refractivity contribution in [3.8, 4) is 5.75 Å². The lowest BCUT2D eigenvalue weighted by Gasteiger charge is -2.50. The molecular formula is C20H24FN2O2+. The molecule has 25 heavy (non-hydrogen) atoms. The first-order valence-corrected chi connectivity index (χ1v) is 8.85. The van der Waals surface area contributed by atoms with E-state index in [1.807, 2.05) is 24.3 Å². The number of ether oxygens (including phenoxy) is 1. The first kappa shape index (κ1) is 16.5. The molecule has 1 aromatic heterocycles. The van der Waals surface area contributed by atoms with Crippen LogP contribution in [0.15, 0.2) is 43.1 Å². The highest BCUT2D eigenvalue weighted by Crippen LogP contribution is 2.47. The van der Waals surface area contributed by atoms with Gasteiger partial charge in [0.15, 0.2) is 6.04 Å². The van der Waals surface area contributed by atoms with Gasteiger partial charge < -0.3 is 9.84 Å². The summed E-state index contributed by atoms with van der Waals surface area (Å²) < 4.78 is 20.3. The Morgan fingerprint density at radius 1 is 1.44 bits per heavy atom. The second-order valence-corrected chi connectivity index (χ2v) is 7.31. The molecule has 3 saturated heterocycles. The van der Waals surface area contributed by atoms with Crippen LogP contribution in [-0.4, -0.2) is 41.0 Å². The molecule has 0 saturated carbocycles. The van der Waals surface area contributed by atoms with Crippen LogP contribution in [0.1, 0.15) is 24.5 Å². The van der Waals surface area contributed by atoms with Crippen molar-refractivity contribution in [1.29, 1.82) is 0 Å². The number of rotatable bonds is 4. The van der Waals surface area contributed by atoms with Crippen molar-refractivity contribution in [1.82, 2.24) is 4.98 Å². The molecule has 2 aromatic rings. The van der Waals surface area contributed by atoms with Gasteiger partial charge in [0.2, 0.25) is 0 Å². The van der Waals surface area contributed by atoms with Crippen LogP contribution >= 0.6 is 0 Å². The summed E-state index contributed by atoms with van der Waals surface area (Å²) in [6.45, 7) is 4.76. The minimum absolute atomic E-state index is 0.205.